The van der Waals surface area contributed by atoms with Crippen molar-refractivity contribution < 1.29 is 9.53 Å². The first-order valence-corrected chi connectivity index (χ1v) is 9.02. The molecule has 138 valence electrons. The van der Waals surface area contributed by atoms with Crippen LogP contribution in [0.5, 0.6) is 5.75 Å². The Morgan fingerprint density at radius 2 is 1.96 bits per heavy atom. The summed E-state index contributed by atoms with van der Waals surface area (Å²) in [5.41, 5.74) is 1.21. The third-order valence-electron chi connectivity index (χ3n) is 3.84. The number of nitrogens with one attached hydrogen (secondary N) is 3. The fourth-order valence-electron chi connectivity index (χ4n) is 2.24. The van der Waals surface area contributed by atoms with Crippen LogP contribution in [0.4, 0.5) is 0 Å². The van der Waals surface area contributed by atoms with E-state index in [1.54, 1.807) is 7.05 Å². The molecular weight excluding hydrogens is 316 g/mol. The smallest absolute Gasteiger partial charge is 0.258 e. The molecule has 2 rings (SSSR count). The van der Waals surface area contributed by atoms with Crippen LogP contribution in [-0.4, -0.2) is 44.7 Å². The molecule has 0 heterocycles. The van der Waals surface area contributed by atoms with Crippen LogP contribution in [0.15, 0.2) is 29.3 Å². The number of hydrogen-bond acceptors (Lipinski definition) is 3. The fourth-order valence-corrected chi connectivity index (χ4v) is 2.24. The summed E-state index contributed by atoms with van der Waals surface area (Å²) in [6.07, 6.45) is 3.07. The third-order valence-corrected chi connectivity index (χ3v) is 3.84. The molecule has 0 atom stereocenters. The summed E-state index contributed by atoms with van der Waals surface area (Å²) in [6.45, 7) is 6.12. The van der Waals surface area contributed by atoms with Gasteiger partial charge in [0, 0.05) is 26.2 Å². The fraction of sp³-hybridized carbons (Fsp3) is 0.579. The molecular formula is C19H30N4O2. The zero-order valence-electron chi connectivity index (χ0n) is 15.5. The van der Waals surface area contributed by atoms with E-state index in [-0.39, 0.29) is 12.5 Å². The van der Waals surface area contributed by atoms with Gasteiger partial charge in [-0.05, 0) is 42.9 Å². The number of aliphatic imine (C=N–C) groups is 1. The molecule has 0 radical (unpaired) electrons. The average molecular weight is 346 g/mol. The Bertz CT molecular complexity index is 565. The van der Waals surface area contributed by atoms with Crippen molar-refractivity contribution in [2.45, 2.75) is 39.2 Å². The molecule has 1 aliphatic carbocycles. The van der Waals surface area contributed by atoms with Crippen LogP contribution in [-0.2, 0) is 11.2 Å². The first-order valence-electron chi connectivity index (χ1n) is 9.02. The molecule has 1 saturated carbocycles. The normalized spacial score (nSPS) is 14.3. The Morgan fingerprint density at radius 1 is 1.24 bits per heavy atom. The van der Waals surface area contributed by atoms with Gasteiger partial charge in [0.05, 0.1) is 0 Å². The SMILES string of the molecule is CN=C(NCCc1ccc(OCC(=O)NC2CC2)cc1)NCC(C)C. The van der Waals surface area contributed by atoms with Crippen molar-refractivity contribution in [3.8, 4) is 5.75 Å². The third kappa shape index (κ3) is 7.92. The maximum absolute atomic E-state index is 11.6. The van der Waals surface area contributed by atoms with Crippen LogP contribution in [0.1, 0.15) is 32.3 Å². The number of carbonyl (C=O) groups is 1. The second kappa shape index (κ2) is 9.91. The molecule has 25 heavy (non-hydrogen) atoms. The number of hydrogen-bond donors (Lipinski definition) is 3. The second-order valence-corrected chi connectivity index (χ2v) is 6.80. The molecule has 1 aliphatic rings. The van der Waals surface area contributed by atoms with Gasteiger partial charge in [-0.1, -0.05) is 26.0 Å². The van der Waals surface area contributed by atoms with Crippen molar-refractivity contribution >= 4 is 11.9 Å². The minimum absolute atomic E-state index is 0.0453. The minimum atomic E-state index is -0.0453. The number of benzene rings is 1. The van der Waals surface area contributed by atoms with Gasteiger partial charge in [0.15, 0.2) is 12.6 Å². The molecule has 1 aromatic carbocycles. The monoisotopic (exact) mass is 346 g/mol. The lowest BCUT2D eigenvalue weighted by molar-refractivity contribution is -0.123. The number of rotatable bonds is 9. The van der Waals surface area contributed by atoms with Gasteiger partial charge in [0.1, 0.15) is 5.75 Å². The molecule has 0 bridgehead atoms. The van der Waals surface area contributed by atoms with Crippen molar-refractivity contribution in [3.63, 3.8) is 0 Å². The largest absolute Gasteiger partial charge is 0.484 e. The van der Waals surface area contributed by atoms with E-state index >= 15 is 0 Å². The number of nitrogens with zero attached hydrogens (tertiary/aromatic N) is 1. The van der Waals surface area contributed by atoms with Gasteiger partial charge in [-0.15, -0.1) is 0 Å². The maximum Gasteiger partial charge on any atom is 0.258 e. The molecule has 3 N–H and O–H groups in total. The standard InChI is InChI=1S/C19H30N4O2/c1-14(2)12-22-19(20-3)21-11-10-15-4-8-17(9-5-15)25-13-18(24)23-16-6-7-16/h4-5,8-9,14,16H,6-7,10-13H2,1-3H3,(H,23,24)(H2,20,21,22). The summed E-state index contributed by atoms with van der Waals surface area (Å²) < 4.78 is 5.51. The zero-order chi connectivity index (χ0) is 18.1. The topological polar surface area (TPSA) is 74.8 Å². The van der Waals surface area contributed by atoms with Gasteiger partial charge in [-0.2, -0.15) is 0 Å². The average Bonchev–Trinajstić information content (AvgIpc) is 3.41. The highest BCUT2D eigenvalue weighted by Gasteiger charge is 2.23. The maximum atomic E-state index is 11.6. The lowest BCUT2D eigenvalue weighted by atomic mass is 10.1. The van der Waals surface area contributed by atoms with Gasteiger partial charge in [-0.3, -0.25) is 9.79 Å². The Hall–Kier alpha value is -2.24. The van der Waals surface area contributed by atoms with Crippen LogP contribution in [0.3, 0.4) is 0 Å². The lowest BCUT2D eigenvalue weighted by Gasteiger charge is -2.13. The van der Waals surface area contributed by atoms with E-state index in [2.05, 4.69) is 34.8 Å². The van der Waals surface area contributed by atoms with E-state index in [9.17, 15) is 4.79 Å². The Labute approximate surface area is 150 Å². The highest BCUT2D eigenvalue weighted by molar-refractivity contribution is 5.79. The molecule has 0 saturated heterocycles. The highest BCUT2D eigenvalue weighted by Crippen LogP contribution is 2.18. The highest BCUT2D eigenvalue weighted by atomic mass is 16.5. The first kappa shape index (κ1) is 19.1. The van der Waals surface area contributed by atoms with Crippen molar-refractivity contribution in [2.24, 2.45) is 10.9 Å². The minimum Gasteiger partial charge on any atom is -0.484 e. The van der Waals surface area contributed by atoms with Gasteiger partial charge in [0.25, 0.3) is 5.91 Å². The summed E-state index contributed by atoms with van der Waals surface area (Å²) in [4.78, 5) is 15.8. The molecule has 0 unspecified atom stereocenters. The van der Waals surface area contributed by atoms with Crippen LogP contribution in [0, 0.1) is 5.92 Å². The van der Waals surface area contributed by atoms with Crippen LogP contribution in [0.25, 0.3) is 0 Å². The summed E-state index contributed by atoms with van der Waals surface area (Å²) >= 11 is 0. The lowest BCUT2D eigenvalue weighted by Crippen LogP contribution is -2.39. The molecule has 1 amide bonds. The van der Waals surface area contributed by atoms with Crippen molar-refractivity contribution in [1.82, 2.24) is 16.0 Å². The number of guanidine groups is 1. The first-order chi connectivity index (χ1) is 12.1. The van der Waals surface area contributed by atoms with E-state index < -0.39 is 0 Å². The van der Waals surface area contributed by atoms with E-state index in [0.29, 0.717) is 12.0 Å². The summed E-state index contributed by atoms with van der Waals surface area (Å²) in [7, 11) is 1.78. The van der Waals surface area contributed by atoms with Crippen LogP contribution < -0.4 is 20.7 Å². The molecule has 6 heteroatoms. The molecule has 0 aliphatic heterocycles. The van der Waals surface area contributed by atoms with Crippen molar-refractivity contribution in [1.29, 1.82) is 0 Å². The van der Waals surface area contributed by atoms with E-state index in [1.807, 2.05) is 24.3 Å². The number of carbonyl (C=O) groups excluding carboxylic acids is 1. The summed E-state index contributed by atoms with van der Waals surface area (Å²) in [6, 6.07) is 8.25. The molecule has 1 fully saturated rings. The second-order valence-electron chi connectivity index (χ2n) is 6.80. The molecule has 0 aromatic heterocycles. The predicted molar refractivity (Wildman–Crippen MR) is 101 cm³/mol. The quantitative estimate of drug-likeness (QED) is 0.470. The van der Waals surface area contributed by atoms with Crippen molar-refractivity contribution in [2.75, 3.05) is 26.7 Å². The van der Waals surface area contributed by atoms with Gasteiger partial charge >= 0.3 is 0 Å². The van der Waals surface area contributed by atoms with E-state index in [1.165, 1.54) is 5.56 Å². The number of ether oxygens (including phenoxy) is 1. The molecule has 0 spiro atoms. The van der Waals surface area contributed by atoms with Crippen LogP contribution >= 0.6 is 0 Å². The predicted octanol–water partition coefficient (Wildman–Crippen LogP) is 1.71. The Morgan fingerprint density at radius 3 is 2.56 bits per heavy atom. The Balaban J connectivity index is 1.66. The van der Waals surface area contributed by atoms with E-state index in [0.717, 1.165) is 44.1 Å². The van der Waals surface area contributed by atoms with Crippen LogP contribution in [0.2, 0.25) is 0 Å². The Kier molecular flexibility index (Phi) is 7.57. The van der Waals surface area contributed by atoms with Gasteiger partial charge < -0.3 is 20.7 Å². The van der Waals surface area contributed by atoms with Gasteiger partial charge in [0.2, 0.25) is 0 Å². The van der Waals surface area contributed by atoms with E-state index in [4.69, 9.17) is 4.74 Å². The summed E-state index contributed by atoms with van der Waals surface area (Å²) in [5, 5.41) is 9.50. The zero-order valence-corrected chi connectivity index (χ0v) is 15.5. The molecule has 1 aromatic rings. The van der Waals surface area contributed by atoms with Crippen molar-refractivity contribution in [3.05, 3.63) is 29.8 Å². The van der Waals surface area contributed by atoms with Gasteiger partial charge in [-0.25, -0.2) is 0 Å². The molecule has 6 nitrogen and oxygen atoms in total. The number of amides is 1. The summed E-state index contributed by atoms with van der Waals surface area (Å²) in [5.74, 6) is 2.08.